The van der Waals surface area contributed by atoms with Crippen molar-refractivity contribution < 1.29 is 24.6 Å². The van der Waals surface area contributed by atoms with Crippen LogP contribution in [0.2, 0.25) is 0 Å². The lowest BCUT2D eigenvalue weighted by atomic mass is 10.1. The summed E-state index contributed by atoms with van der Waals surface area (Å²) in [5.41, 5.74) is 0. The minimum absolute atomic E-state index is 0.107. The molecular weight excluding hydrogens is 240 g/mol. The minimum atomic E-state index is -1.42. The van der Waals surface area contributed by atoms with Gasteiger partial charge < -0.3 is 20.8 Å². The zero-order chi connectivity index (χ0) is 14.3. The third-order valence-corrected chi connectivity index (χ3v) is 2.18. The van der Waals surface area contributed by atoms with E-state index in [-0.39, 0.29) is 6.04 Å². The molecule has 0 aliphatic heterocycles. The Morgan fingerprint density at radius 1 is 1.06 bits per heavy atom. The lowest BCUT2D eigenvalue weighted by molar-refractivity contribution is -0.145. The highest BCUT2D eigenvalue weighted by atomic mass is 16.4. The summed E-state index contributed by atoms with van der Waals surface area (Å²) < 4.78 is 0. The van der Waals surface area contributed by atoms with E-state index in [1.165, 1.54) is 0 Å². The van der Waals surface area contributed by atoms with Gasteiger partial charge in [-0.1, -0.05) is 13.8 Å². The SMILES string of the molecule is CC(C)CC(C)NC(=O)NC(CC(=O)O)C(=O)O. The van der Waals surface area contributed by atoms with Crippen molar-refractivity contribution in [1.82, 2.24) is 10.6 Å². The van der Waals surface area contributed by atoms with E-state index in [2.05, 4.69) is 10.6 Å². The summed E-state index contributed by atoms with van der Waals surface area (Å²) in [7, 11) is 0. The first-order valence-electron chi connectivity index (χ1n) is 5.74. The molecule has 0 heterocycles. The van der Waals surface area contributed by atoms with Crippen LogP contribution in [0.1, 0.15) is 33.6 Å². The normalized spacial score (nSPS) is 13.8. The first-order valence-corrected chi connectivity index (χ1v) is 5.74. The van der Waals surface area contributed by atoms with Crippen LogP contribution in [0.4, 0.5) is 4.79 Å². The van der Waals surface area contributed by atoms with Gasteiger partial charge in [0, 0.05) is 6.04 Å². The monoisotopic (exact) mass is 260 g/mol. The Morgan fingerprint density at radius 2 is 1.61 bits per heavy atom. The lowest BCUT2D eigenvalue weighted by Crippen LogP contribution is -2.49. The maximum Gasteiger partial charge on any atom is 0.326 e. The fourth-order valence-electron chi connectivity index (χ4n) is 1.56. The number of hydrogen-bond acceptors (Lipinski definition) is 3. The predicted molar refractivity (Wildman–Crippen MR) is 64.3 cm³/mol. The standard InChI is InChI=1S/C11H20N2O5/c1-6(2)4-7(3)12-11(18)13-8(10(16)17)5-9(14)15/h6-8H,4-5H2,1-3H3,(H,14,15)(H,16,17)(H2,12,13,18). The van der Waals surface area contributed by atoms with Gasteiger partial charge in [-0.25, -0.2) is 9.59 Å². The van der Waals surface area contributed by atoms with E-state index in [9.17, 15) is 14.4 Å². The van der Waals surface area contributed by atoms with Gasteiger partial charge in [-0.05, 0) is 19.3 Å². The van der Waals surface area contributed by atoms with Gasteiger partial charge in [-0.15, -0.1) is 0 Å². The highest BCUT2D eigenvalue weighted by Crippen LogP contribution is 2.03. The maximum atomic E-state index is 11.5. The number of carbonyl (C=O) groups excluding carboxylic acids is 1. The molecule has 0 aromatic rings. The van der Waals surface area contributed by atoms with Gasteiger partial charge in [0.2, 0.25) is 0 Å². The van der Waals surface area contributed by atoms with Gasteiger partial charge in [0.1, 0.15) is 6.04 Å². The number of carbonyl (C=O) groups is 3. The van der Waals surface area contributed by atoms with Crippen LogP contribution in [0.5, 0.6) is 0 Å². The predicted octanol–water partition coefficient (Wildman–Crippen LogP) is 0.648. The number of carboxylic acids is 2. The van der Waals surface area contributed by atoms with E-state index < -0.39 is 30.4 Å². The maximum absolute atomic E-state index is 11.5. The van der Waals surface area contributed by atoms with Crippen molar-refractivity contribution in [2.24, 2.45) is 5.92 Å². The third-order valence-electron chi connectivity index (χ3n) is 2.18. The summed E-state index contributed by atoms with van der Waals surface area (Å²) in [4.78, 5) is 32.6. The van der Waals surface area contributed by atoms with Crippen LogP contribution < -0.4 is 10.6 Å². The quantitative estimate of drug-likeness (QED) is 0.536. The Hall–Kier alpha value is -1.79. The molecule has 7 heteroatoms. The van der Waals surface area contributed by atoms with Gasteiger partial charge in [-0.2, -0.15) is 0 Å². The van der Waals surface area contributed by atoms with E-state index in [4.69, 9.17) is 10.2 Å². The molecular formula is C11H20N2O5. The van der Waals surface area contributed by atoms with Crippen molar-refractivity contribution in [3.8, 4) is 0 Å². The molecule has 0 spiro atoms. The summed E-state index contributed by atoms with van der Waals surface area (Å²) >= 11 is 0. The molecule has 4 N–H and O–H groups in total. The van der Waals surface area contributed by atoms with Crippen LogP contribution in [0, 0.1) is 5.92 Å². The van der Waals surface area contributed by atoms with E-state index in [0.29, 0.717) is 5.92 Å². The van der Waals surface area contributed by atoms with Crippen LogP contribution >= 0.6 is 0 Å². The third kappa shape index (κ3) is 7.48. The fraction of sp³-hybridized carbons (Fsp3) is 0.727. The Balaban J connectivity index is 4.25. The zero-order valence-electron chi connectivity index (χ0n) is 10.8. The summed E-state index contributed by atoms with van der Waals surface area (Å²) in [5, 5.41) is 21.9. The number of nitrogens with one attached hydrogen (secondary N) is 2. The molecule has 2 amide bonds. The van der Waals surface area contributed by atoms with E-state index in [0.717, 1.165) is 6.42 Å². The average molecular weight is 260 g/mol. The zero-order valence-corrected chi connectivity index (χ0v) is 10.8. The molecule has 0 aromatic carbocycles. The molecule has 0 rings (SSSR count). The molecule has 0 aliphatic carbocycles. The minimum Gasteiger partial charge on any atom is -0.481 e. The van der Waals surface area contributed by atoms with Crippen LogP contribution in [0.25, 0.3) is 0 Å². The molecule has 0 aliphatic rings. The Bertz CT molecular complexity index is 317. The van der Waals surface area contributed by atoms with Crippen molar-refractivity contribution in [2.75, 3.05) is 0 Å². The average Bonchev–Trinajstić information content (AvgIpc) is 2.13. The van der Waals surface area contributed by atoms with Crippen molar-refractivity contribution in [3.05, 3.63) is 0 Å². The van der Waals surface area contributed by atoms with Gasteiger partial charge in [-0.3, -0.25) is 4.79 Å². The molecule has 0 fully saturated rings. The largest absolute Gasteiger partial charge is 0.481 e. The Labute approximate surface area is 106 Å². The number of urea groups is 1. The lowest BCUT2D eigenvalue weighted by Gasteiger charge is -2.18. The van der Waals surface area contributed by atoms with Crippen LogP contribution in [0.3, 0.4) is 0 Å². The van der Waals surface area contributed by atoms with Crippen molar-refractivity contribution in [2.45, 2.75) is 45.7 Å². The summed E-state index contributed by atoms with van der Waals surface area (Å²) in [5.74, 6) is -2.25. The van der Waals surface area contributed by atoms with Gasteiger partial charge in [0.05, 0.1) is 6.42 Å². The molecule has 18 heavy (non-hydrogen) atoms. The van der Waals surface area contributed by atoms with Crippen molar-refractivity contribution in [3.63, 3.8) is 0 Å². The molecule has 2 unspecified atom stereocenters. The Morgan fingerprint density at radius 3 is 2.00 bits per heavy atom. The second-order valence-electron chi connectivity index (χ2n) is 4.64. The van der Waals surface area contributed by atoms with E-state index in [1.54, 1.807) is 6.92 Å². The smallest absolute Gasteiger partial charge is 0.326 e. The van der Waals surface area contributed by atoms with Gasteiger partial charge >= 0.3 is 18.0 Å². The number of carboxylic acid groups (broad SMARTS) is 2. The van der Waals surface area contributed by atoms with E-state index in [1.807, 2.05) is 13.8 Å². The Kier molecular flexibility index (Phi) is 6.77. The highest BCUT2D eigenvalue weighted by molar-refractivity contribution is 5.86. The molecule has 0 saturated heterocycles. The van der Waals surface area contributed by atoms with E-state index >= 15 is 0 Å². The first kappa shape index (κ1) is 16.2. The molecule has 104 valence electrons. The second-order valence-corrected chi connectivity index (χ2v) is 4.64. The second kappa shape index (κ2) is 7.52. The summed E-state index contributed by atoms with van der Waals surface area (Å²) in [6.07, 6.45) is 0.103. The number of rotatable bonds is 7. The number of hydrogen-bond donors (Lipinski definition) is 4. The van der Waals surface area contributed by atoms with Gasteiger partial charge in [0.25, 0.3) is 0 Å². The molecule has 2 atom stereocenters. The first-order chi connectivity index (χ1) is 8.22. The fourth-order valence-corrected chi connectivity index (χ4v) is 1.56. The van der Waals surface area contributed by atoms with Crippen LogP contribution in [-0.4, -0.2) is 40.3 Å². The topological polar surface area (TPSA) is 116 Å². The molecule has 0 radical (unpaired) electrons. The highest BCUT2D eigenvalue weighted by Gasteiger charge is 2.23. The van der Waals surface area contributed by atoms with Crippen LogP contribution in [0.15, 0.2) is 0 Å². The number of aliphatic carboxylic acids is 2. The van der Waals surface area contributed by atoms with Crippen molar-refractivity contribution in [1.29, 1.82) is 0 Å². The van der Waals surface area contributed by atoms with Gasteiger partial charge in [0.15, 0.2) is 0 Å². The molecule has 0 aromatic heterocycles. The van der Waals surface area contributed by atoms with Crippen LogP contribution in [-0.2, 0) is 9.59 Å². The summed E-state index contributed by atoms with van der Waals surface area (Å²) in [6.45, 7) is 5.80. The molecule has 0 bridgehead atoms. The van der Waals surface area contributed by atoms with Crippen molar-refractivity contribution >= 4 is 18.0 Å². The molecule has 7 nitrogen and oxygen atoms in total. The number of amides is 2. The summed E-state index contributed by atoms with van der Waals surface area (Å²) in [6, 6.07) is -2.20. The molecule has 0 saturated carbocycles.